The molecule has 1 heterocycles. The van der Waals surface area contributed by atoms with Gasteiger partial charge in [0.15, 0.2) is 0 Å². The zero-order valence-corrected chi connectivity index (χ0v) is 7.81. The van der Waals surface area contributed by atoms with Crippen molar-refractivity contribution in [3.8, 4) is 0 Å². The Morgan fingerprint density at radius 1 is 1.10 bits per heavy atom. The summed E-state index contributed by atoms with van der Waals surface area (Å²) in [5, 5.41) is 0. The molecule has 60 valence electrons. The first-order valence-corrected chi connectivity index (χ1v) is 3.88. The molecular formula is C8H19N2+. The van der Waals surface area contributed by atoms with Crippen LogP contribution in [0, 0.1) is 0 Å². The number of rotatable bonds is 0. The van der Waals surface area contributed by atoms with Crippen molar-refractivity contribution in [3.05, 3.63) is 0 Å². The molecule has 1 aliphatic rings. The molecule has 0 aliphatic carbocycles. The maximum absolute atomic E-state index is 2.49. The van der Waals surface area contributed by atoms with Crippen molar-refractivity contribution in [2.45, 2.75) is 26.3 Å². The normalized spacial score (nSPS) is 26.1. The van der Waals surface area contributed by atoms with E-state index in [1.54, 1.807) is 0 Å². The Morgan fingerprint density at radius 3 is 1.60 bits per heavy atom. The van der Waals surface area contributed by atoms with Gasteiger partial charge in [-0.05, 0) is 20.8 Å². The van der Waals surface area contributed by atoms with Crippen molar-refractivity contribution >= 4 is 0 Å². The summed E-state index contributed by atoms with van der Waals surface area (Å²) in [7, 11) is 4.53. The lowest BCUT2D eigenvalue weighted by molar-refractivity contribution is -0.965. The molecule has 0 spiro atoms. The summed E-state index contributed by atoms with van der Waals surface area (Å²) >= 11 is 0. The fourth-order valence-corrected chi connectivity index (χ4v) is 1.31. The van der Waals surface area contributed by atoms with Gasteiger partial charge in [-0.1, -0.05) is 0 Å². The molecule has 10 heavy (non-hydrogen) atoms. The van der Waals surface area contributed by atoms with Crippen LogP contribution < -0.4 is 0 Å². The highest BCUT2D eigenvalue weighted by molar-refractivity contribution is 4.75. The Balaban J connectivity index is 2.40. The van der Waals surface area contributed by atoms with Gasteiger partial charge in [-0.3, -0.25) is 0 Å². The molecule has 0 amide bonds. The van der Waals surface area contributed by atoms with E-state index in [1.807, 2.05) is 0 Å². The molecule has 2 nitrogen and oxygen atoms in total. The Hall–Kier alpha value is -0.0800. The third-order valence-corrected chi connectivity index (χ3v) is 2.06. The molecule has 0 aromatic carbocycles. The first-order valence-electron chi connectivity index (χ1n) is 3.88. The van der Waals surface area contributed by atoms with Crippen molar-refractivity contribution in [2.75, 3.05) is 27.4 Å². The lowest BCUT2D eigenvalue weighted by Gasteiger charge is -2.52. The van der Waals surface area contributed by atoms with Crippen molar-refractivity contribution in [1.82, 2.24) is 4.90 Å². The summed E-state index contributed by atoms with van der Waals surface area (Å²) in [6, 6.07) is 0. The molecule has 2 heteroatoms. The minimum atomic E-state index is 0.369. The molecule has 0 N–H and O–H groups in total. The van der Waals surface area contributed by atoms with Crippen LogP contribution >= 0.6 is 0 Å². The lowest BCUT2D eigenvalue weighted by Crippen LogP contribution is -2.69. The standard InChI is InChI=1S/C8H19N2/c1-8(2,3)9-6-10(4,5)7-9/h6-7H2,1-5H3/q+1. The number of nitrogens with zero attached hydrogens (tertiary/aromatic N) is 2. The molecule has 1 rings (SSSR count). The van der Waals surface area contributed by atoms with E-state index in [4.69, 9.17) is 0 Å². The summed E-state index contributed by atoms with van der Waals surface area (Å²) < 4.78 is 1.15. The van der Waals surface area contributed by atoms with Gasteiger partial charge in [0, 0.05) is 5.54 Å². The SMILES string of the molecule is CC(C)(C)N1C[N+](C)(C)C1. The number of hydrogen-bond acceptors (Lipinski definition) is 1. The van der Waals surface area contributed by atoms with E-state index in [2.05, 4.69) is 39.8 Å². The third-order valence-electron chi connectivity index (χ3n) is 2.06. The molecule has 0 aromatic heterocycles. The molecule has 1 aliphatic heterocycles. The van der Waals surface area contributed by atoms with E-state index in [1.165, 1.54) is 13.3 Å². The van der Waals surface area contributed by atoms with Gasteiger partial charge in [-0.15, -0.1) is 0 Å². The molecule has 0 radical (unpaired) electrons. The number of hydrogen-bond donors (Lipinski definition) is 0. The Morgan fingerprint density at radius 2 is 1.50 bits per heavy atom. The second-order valence-corrected chi connectivity index (χ2v) is 4.93. The Kier molecular flexibility index (Phi) is 1.57. The predicted molar refractivity (Wildman–Crippen MR) is 43.4 cm³/mol. The first-order chi connectivity index (χ1) is 4.31. The first kappa shape index (κ1) is 8.02. The minimum Gasteiger partial charge on any atom is -0.303 e. The van der Waals surface area contributed by atoms with Crippen LogP contribution in [0.15, 0.2) is 0 Å². The average molecular weight is 143 g/mol. The molecule has 0 atom stereocenters. The van der Waals surface area contributed by atoms with Crippen LogP contribution in [0.3, 0.4) is 0 Å². The Bertz CT molecular complexity index is 125. The lowest BCUT2D eigenvalue weighted by atomic mass is 10.1. The van der Waals surface area contributed by atoms with E-state index in [0.717, 1.165) is 4.48 Å². The summed E-state index contributed by atoms with van der Waals surface area (Å²) in [6.07, 6.45) is 0. The molecule has 1 saturated heterocycles. The van der Waals surface area contributed by atoms with Gasteiger partial charge in [0.05, 0.1) is 14.1 Å². The van der Waals surface area contributed by atoms with Crippen LogP contribution in [0.1, 0.15) is 20.8 Å². The van der Waals surface area contributed by atoms with E-state index >= 15 is 0 Å². The smallest absolute Gasteiger partial charge is 0.140 e. The van der Waals surface area contributed by atoms with Gasteiger partial charge in [0.2, 0.25) is 0 Å². The maximum atomic E-state index is 2.49. The predicted octanol–water partition coefficient (Wildman–Crippen LogP) is 1.09. The highest BCUT2D eigenvalue weighted by Gasteiger charge is 2.40. The van der Waals surface area contributed by atoms with Crippen LogP contribution in [0.2, 0.25) is 0 Å². The fraction of sp³-hybridized carbons (Fsp3) is 1.00. The quantitative estimate of drug-likeness (QED) is 0.459. The van der Waals surface area contributed by atoms with Gasteiger partial charge in [0.1, 0.15) is 13.3 Å². The highest BCUT2D eigenvalue weighted by atomic mass is 15.6. The highest BCUT2D eigenvalue weighted by Crippen LogP contribution is 2.24. The summed E-state index contributed by atoms with van der Waals surface area (Å²) in [5.74, 6) is 0. The number of quaternary nitrogens is 1. The average Bonchev–Trinajstić information content (AvgIpc) is 1.56. The molecule has 0 bridgehead atoms. The molecule has 0 unspecified atom stereocenters. The van der Waals surface area contributed by atoms with E-state index in [9.17, 15) is 0 Å². The van der Waals surface area contributed by atoms with Crippen LogP contribution in [-0.4, -0.2) is 42.4 Å². The zero-order valence-electron chi connectivity index (χ0n) is 7.81. The van der Waals surface area contributed by atoms with Crippen LogP contribution in [0.4, 0.5) is 0 Å². The summed E-state index contributed by atoms with van der Waals surface area (Å²) in [4.78, 5) is 2.49. The van der Waals surface area contributed by atoms with Crippen molar-refractivity contribution in [2.24, 2.45) is 0 Å². The third kappa shape index (κ3) is 1.50. The topological polar surface area (TPSA) is 3.24 Å². The molecule has 0 saturated carbocycles. The molecule has 0 aromatic rings. The molecular weight excluding hydrogens is 124 g/mol. The fourth-order valence-electron chi connectivity index (χ4n) is 1.31. The minimum absolute atomic E-state index is 0.369. The van der Waals surface area contributed by atoms with Crippen LogP contribution in [0.5, 0.6) is 0 Å². The largest absolute Gasteiger partial charge is 0.303 e. The maximum Gasteiger partial charge on any atom is 0.140 e. The second kappa shape index (κ2) is 1.95. The van der Waals surface area contributed by atoms with Crippen molar-refractivity contribution in [3.63, 3.8) is 0 Å². The van der Waals surface area contributed by atoms with Gasteiger partial charge in [-0.2, -0.15) is 0 Å². The zero-order chi connectivity index (χ0) is 7.99. The Labute approximate surface area is 64.0 Å². The van der Waals surface area contributed by atoms with Gasteiger partial charge in [0.25, 0.3) is 0 Å². The van der Waals surface area contributed by atoms with Crippen molar-refractivity contribution in [1.29, 1.82) is 0 Å². The second-order valence-electron chi connectivity index (χ2n) is 4.93. The van der Waals surface area contributed by atoms with Gasteiger partial charge < -0.3 is 4.48 Å². The van der Waals surface area contributed by atoms with E-state index in [-0.39, 0.29) is 0 Å². The van der Waals surface area contributed by atoms with Crippen molar-refractivity contribution < 1.29 is 4.48 Å². The summed E-state index contributed by atoms with van der Waals surface area (Å²) in [5.41, 5.74) is 0.369. The monoisotopic (exact) mass is 143 g/mol. The van der Waals surface area contributed by atoms with Crippen LogP contribution in [-0.2, 0) is 0 Å². The van der Waals surface area contributed by atoms with E-state index < -0.39 is 0 Å². The summed E-state index contributed by atoms with van der Waals surface area (Å²) in [6.45, 7) is 9.21. The van der Waals surface area contributed by atoms with Gasteiger partial charge in [-0.25, -0.2) is 4.90 Å². The van der Waals surface area contributed by atoms with E-state index in [0.29, 0.717) is 5.54 Å². The van der Waals surface area contributed by atoms with Crippen LogP contribution in [0.25, 0.3) is 0 Å². The molecule has 1 fully saturated rings. The van der Waals surface area contributed by atoms with Gasteiger partial charge >= 0.3 is 0 Å².